The van der Waals surface area contributed by atoms with Gasteiger partial charge in [-0.2, -0.15) is 5.26 Å². The van der Waals surface area contributed by atoms with Crippen molar-refractivity contribution in [1.82, 2.24) is 20.2 Å². The maximum absolute atomic E-state index is 13.2. The summed E-state index contributed by atoms with van der Waals surface area (Å²) in [5, 5.41) is 21.3. The largest absolute Gasteiger partial charge is 0.296 e. The minimum absolute atomic E-state index is 0.275. The van der Waals surface area contributed by atoms with Gasteiger partial charge in [0, 0.05) is 29.1 Å². The number of para-hydroxylation sites is 1. The number of hydrogen-bond donors (Lipinski definition) is 1. The van der Waals surface area contributed by atoms with Gasteiger partial charge in [-0.1, -0.05) is 53.4 Å². The molecule has 3 aromatic heterocycles. The molecule has 34 heavy (non-hydrogen) atoms. The molecule has 5 aromatic rings. The fraction of sp³-hybridized carbons (Fsp3) is 0.0400. The van der Waals surface area contributed by atoms with Crippen LogP contribution in [0.5, 0.6) is 0 Å². The first-order valence-corrected chi connectivity index (χ1v) is 12.1. The number of benzene rings is 2. The SMILES string of the molecule is N#Cc1ccc(CSc2nnc(NC(=O)c3cc(-c4cccnc4)nc4ccccc34)s2)cc1. The van der Waals surface area contributed by atoms with Gasteiger partial charge in [0.1, 0.15) is 0 Å². The number of anilines is 1. The highest BCUT2D eigenvalue weighted by Crippen LogP contribution is 2.30. The van der Waals surface area contributed by atoms with E-state index in [-0.39, 0.29) is 5.91 Å². The van der Waals surface area contributed by atoms with Gasteiger partial charge in [0.15, 0.2) is 4.34 Å². The van der Waals surface area contributed by atoms with E-state index in [9.17, 15) is 4.79 Å². The molecule has 0 unspecified atom stereocenters. The molecule has 0 aliphatic heterocycles. The molecule has 0 saturated heterocycles. The van der Waals surface area contributed by atoms with Crippen LogP contribution >= 0.6 is 23.1 Å². The first kappa shape index (κ1) is 21.7. The number of rotatable bonds is 6. The van der Waals surface area contributed by atoms with E-state index in [1.54, 1.807) is 30.6 Å². The summed E-state index contributed by atoms with van der Waals surface area (Å²) < 4.78 is 0.746. The van der Waals surface area contributed by atoms with Crippen molar-refractivity contribution < 1.29 is 4.79 Å². The zero-order chi connectivity index (χ0) is 23.3. The Morgan fingerprint density at radius 3 is 2.71 bits per heavy atom. The molecule has 7 nitrogen and oxygen atoms in total. The Morgan fingerprint density at radius 1 is 1.06 bits per heavy atom. The normalized spacial score (nSPS) is 10.7. The van der Waals surface area contributed by atoms with Crippen molar-refractivity contribution in [1.29, 1.82) is 5.26 Å². The number of nitriles is 1. The average molecular weight is 481 g/mol. The Labute approximate surface area is 203 Å². The van der Waals surface area contributed by atoms with Crippen LogP contribution in [0, 0.1) is 11.3 Å². The summed E-state index contributed by atoms with van der Waals surface area (Å²) in [5.41, 5.74) is 4.45. The van der Waals surface area contributed by atoms with Crippen LogP contribution < -0.4 is 5.32 Å². The summed E-state index contributed by atoms with van der Waals surface area (Å²) in [6.45, 7) is 0. The Balaban J connectivity index is 1.35. The molecule has 5 rings (SSSR count). The number of thioether (sulfide) groups is 1. The third kappa shape index (κ3) is 4.78. The molecule has 1 amide bonds. The molecule has 0 saturated carbocycles. The van der Waals surface area contributed by atoms with Crippen LogP contribution in [0.15, 0.2) is 83.5 Å². The number of pyridine rings is 2. The predicted octanol–water partition coefficient (Wildman–Crippen LogP) is 5.56. The van der Waals surface area contributed by atoms with Crippen molar-refractivity contribution in [3.63, 3.8) is 0 Å². The quantitative estimate of drug-likeness (QED) is 0.250. The van der Waals surface area contributed by atoms with E-state index in [0.717, 1.165) is 26.4 Å². The van der Waals surface area contributed by atoms with Crippen molar-refractivity contribution >= 4 is 45.0 Å². The number of nitrogens with zero attached hydrogens (tertiary/aromatic N) is 5. The summed E-state index contributed by atoms with van der Waals surface area (Å²) in [7, 11) is 0. The zero-order valence-corrected chi connectivity index (χ0v) is 19.3. The van der Waals surface area contributed by atoms with Crippen LogP contribution in [0.1, 0.15) is 21.5 Å². The van der Waals surface area contributed by atoms with E-state index >= 15 is 0 Å². The third-order valence-electron chi connectivity index (χ3n) is 4.99. The van der Waals surface area contributed by atoms with Crippen LogP contribution in [0.25, 0.3) is 22.2 Å². The summed E-state index contributed by atoms with van der Waals surface area (Å²) in [6.07, 6.45) is 3.42. The topological polar surface area (TPSA) is 104 Å². The van der Waals surface area contributed by atoms with Crippen LogP contribution in [-0.4, -0.2) is 26.1 Å². The lowest BCUT2D eigenvalue weighted by Crippen LogP contribution is -2.13. The second-order valence-corrected chi connectivity index (χ2v) is 9.44. The number of nitrogens with one attached hydrogen (secondary N) is 1. The molecule has 0 aliphatic rings. The van der Waals surface area contributed by atoms with E-state index < -0.39 is 0 Å². The van der Waals surface area contributed by atoms with Crippen molar-refractivity contribution in [3.05, 3.63) is 95.8 Å². The van der Waals surface area contributed by atoms with Crippen molar-refractivity contribution in [2.45, 2.75) is 10.1 Å². The molecule has 0 fully saturated rings. The molecule has 9 heteroatoms. The molecule has 0 bridgehead atoms. The van der Waals surface area contributed by atoms with E-state index in [0.29, 0.717) is 27.7 Å². The second-order valence-electron chi connectivity index (χ2n) is 7.24. The van der Waals surface area contributed by atoms with E-state index in [1.807, 2.05) is 48.5 Å². The number of hydrogen-bond acceptors (Lipinski definition) is 8. The van der Waals surface area contributed by atoms with Gasteiger partial charge in [-0.05, 0) is 42.0 Å². The molecule has 3 heterocycles. The lowest BCUT2D eigenvalue weighted by atomic mass is 10.0. The molecule has 2 aromatic carbocycles. The summed E-state index contributed by atoms with van der Waals surface area (Å²) in [5.74, 6) is 0.418. The first-order valence-electron chi connectivity index (χ1n) is 10.3. The van der Waals surface area contributed by atoms with Gasteiger partial charge < -0.3 is 0 Å². The second kappa shape index (κ2) is 9.79. The third-order valence-corrected chi connectivity index (χ3v) is 7.03. The highest BCUT2D eigenvalue weighted by atomic mass is 32.2. The number of aromatic nitrogens is 4. The van der Waals surface area contributed by atoms with Gasteiger partial charge in [0.05, 0.1) is 28.4 Å². The maximum atomic E-state index is 13.2. The van der Waals surface area contributed by atoms with Crippen molar-refractivity contribution in [3.8, 4) is 17.3 Å². The van der Waals surface area contributed by atoms with Gasteiger partial charge >= 0.3 is 0 Å². The van der Waals surface area contributed by atoms with Crippen LogP contribution in [-0.2, 0) is 5.75 Å². The smallest absolute Gasteiger partial charge is 0.258 e. The molecule has 0 atom stereocenters. The van der Waals surface area contributed by atoms with E-state index in [1.165, 1.54) is 23.1 Å². The fourth-order valence-electron chi connectivity index (χ4n) is 3.33. The molecule has 0 radical (unpaired) electrons. The van der Waals surface area contributed by atoms with Crippen LogP contribution in [0.3, 0.4) is 0 Å². The molecular weight excluding hydrogens is 464 g/mol. The van der Waals surface area contributed by atoms with Gasteiger partial charge in [0.2, 0.25) is 5.13 Å². The Bertz CT molecular complexity index is 1510. The standard InChI is InChI=1S/C25H16N6OS2/c26-13-16-7-9-17(10-8-16)15-33-25-31-30-24(34-25)29-23(32)20-12-22(18-4-3-11-27-14-18)28-21-6-2-1-5-19(20)21/h1-12,14H,15H2,(H,29,30,32). The summed E-state index contributed by atoms with van der Waals surface area (Å²) in [6, 6.07) is 22.6. The number of carbonyl (C=O) groups is 1. The molecule has 164 valence electrons. The van der Waals surface area contributed by atoms with Crippen molar-refractivity contribution in [2.75, 3.05) is 5.32 Å². The van der Waals surface area contributed by atoms with Crippen LogP contribution in [0.2, 0.25) is 0 Å². The molecule has 1 N–H and O–H groups in total. The maximum Gasteiger partial charge on any atom is 0.258 e. The lowest BCUT2D eigenvalue weighted by Gasteiger charge is -2.09. The summed E-state index contributed by atoms with van der Waals surface area (Å²) >= 11 is 2.85. The predicted molar refractivity (Wildman–Crippen MR) is 134 cm³/mol. The lowest BCUT2D eigenvalue weighted by molar-refractivity contribution is 0.102. The molecular formula is C25H16N6OS2. The highest BCUT2D eigenvalue weighted by Gasteiger charge is 2.16. The highest BCUT2D eigenvalue weighted by molar-refractivity contribution is 8.00. The minimum atomic E-state index is -0.275. The fourth-order valence-corrected chi connectivity index (χ4v) is 5.03. The average Bonchev–Trinajstić information content (AvgIpc) is 3.34. The number of amides is 1. The zero-order valence-electron chi connectivity index (χ0n) is 17.7. The summed E-state index contributed by atoms with van der Waals surface area (Å²) in [4.78, 5) is 22.1. The molecule has 0 spiro atoms. The number of fused-ring (bicyclic) bond motifs is 1. The first-order chi connectivity index (χ1) is 16.7. The van der Waals surface area contributed by atoms with Gasteiger partial charge in [-0.15, -0.1) is 10.2 Å². The Kier molecular flexibility index (Phi) is 6.25. The Hall–Kier alpha value is -4.13. The van der Waals surface area contributed by atoms with Crippen molar-refractivity contribution in [2.24, 2.45) is 0 Å². The van der Waals surface area contributed by atoms with Gasteiger partial charge in [-0.3, -0.25) is 15.1 Å². The number of carbonyl (C=O) groups excluding carboxylic acids is 1. The van der Waals surface area contributed by atoms with Gasteiger partial charge in [0.25, 0.3) is 5.91 Å². The minimum Gasteiger partial charge on any atom is -0.296 e. The molecule has 0 aliphatic carbocycles. The Morgan fingerprint density at radius 2 is 1.91 bits per heavy atom. The monoisotopic (exact) mass is 480 g/mol. The van der Waals surface area contributed by atoms with Gasteiger partial charge in [-0.25, -0.2) is 4.98 Å². The van der Waals surface area contributed by atoms with E-state index in [2.05, 4.69) is 26.6 Å². The van der Waals surface area contributed by atoms with Crippen LogP contribution in [0.4, 0.5) is 5.13 Å². The van der Waals surface area contributed by atoms with E-state index in [4.69, 9.17) is 10.2 Å².